The Morgan fingerprint density at radius 1 is 1.46 bits per heavy atom. The molecule has 0 amide bonds. The lowest BCUT2D eigenvalue weighted by molar-refractivity contribution is 1.07. The van der Waals surface area contributed by atoms with Gasteiger partial charge in [-0.3, -0.25) is 4.57 Å². The highest BCUT2D eigenvalue weighted by Crippen LogP contribution is 2.24. The summed E-state index contributed by atoms with van der Waals surface area (Å²) in [6.45, 7) is 0. The fourth-order valence-corrected chi connectivity index (χ4v) is 2.07. The largest absolute Gasteiger partial charge is 0.257 e. The van der Waals surface area contributed by atoms with Gasteiger partial charge in [-0.15, -0.1) is 21.5 Å². The van der Waals surface area contributed by atoms with Gasteiger partial charge in [0.15, 0.2) is 0 Å². The molecule has 0 fully saturated rings. The molecular weight excluding hydrogens is 186 g/mol. The molecule has 1 aliphatic heterocycles. The van der Waals surface area contributed by atoms with Gasteiger partial charge in [-0.25, -0.2) is 5.43 Å². The zero-order valence-corrected chi connectivity index (χ0v) is 7.32. The van der Waals surface area contributed by atoms with Gasteiger partial charge in [0.05, 0.1) is 6.21 Å². The van der Waals surface area contributed by atoms with Crippen LogP contribution in [0.2, 0.25) is 0 Å². The number of hydrazone groups is 1. The summed E-state index contributed by atoms with van der Waals surface area (Å²) in [7, 11) is 0. The number of nitrogens with zero attached hydrogens (tertiary/aromatic N) is 4. The topological polar surface area (TPSA) is 55.1 Å². The van der Waals surface area contributed by atoms with Gasteiger partial charge in [0.25, 0.3) is 0 Å². The third-order valence-electron chi connectivity index (χ3n) is 1.81. The highest BCUT2D eigenvalue weighted by Gasteiger charge is 2.12. The van der Waals surface area contributed by atoms with E-state index in [1.54, 1.807) is 23.9 Å². The van der Waals surface area contributed by atoms with Crippen LogP contribution in [-0.2, 0) is 0 Å². The van der Waals surface area contributed by atoms with E-state index in [0.717, 1.165) is 10.6 Å². The molecule has 0 aliphatic carbocycles. The van der Waals surface area contributed by atoms with Crippen molar-refractivity contribution >= 4 is 23.5 Å². The lowest BCUT2D eigenvalue weighted by Gasteiger charge is -1.99. The van der Waals surface area contributed by atoms with E-state index < -0.39 is 0 Å². The number of anilines is 1. The standard InChI is InChI=1S/C7H5N5S/c1-2-13-6-5(1)3-8-10-7-11-9-4-12(6)7/h1-4H,(H,10,11). The van der Waals surface area contributed by atoms with Crippen molar-refractivity contribution in [3.63, 3.8) is 0 Å². The van der Waals surface area contributed by atoms with Crippen molar-refractivity contribution in [2.75, 3.05) is 5.43 Å². The SMILES string of the molecule is C1=NNc2nncn2-c2sccc21. The van der Waals surface area contributed by atoms with E-state index in [1.807, 2.05) is 16.0 Å². The van der Waals surface area contributed by atoms with Crippen molar-refractivity contribution in [2.24, 2.45) is 5.10 Å². The summed E-state index contributed by atoms with van der Waals surface area (Å²) in [6, 6.07) is 2.01. The third kappa shape index (κ3) is 0.888. The van der Waals surface area contributed by atoms with Gasteiger partial charge in [-0.1, -0.05) is 0 Å². The lowest BCUT2D eigenvalue weighted by Crippen LogP contribution is -1.95. The van der Waals surface area contributed by atoms with Gasteiger partial charge >= 0.3 is 0 Å². The summed E-state index contributed by atoms with van der Waals surface area (Å²) in [5, 5.41) is 14.8. The Kier molecular flexibility index (Phi) is 1.25. The fourth-order valence-electron chi connectivity index (χ4n) is 1.22. The van der Waals surface area contributed by atoms with Crippen LogP contribution in [0, 0.1) is 0 Å². The van der Waals surface area contributed by atoms with Crippen LogP contribution >= 0.6 is 11.3 Å². The van der Waals surface area contributed by atoms with Crippen molar-refractivity contribution in [3.05, 3.63) is 23.3 Å². The summed E-state index contributed by atoms with van der Waals surface area (Å²) >= 11 is 1.64. The molecule has 1 aliphatic rings. The van der Waals surface area contributed by atoms with E-state index in [0.29, 0.717) is 5.95 Å². The molecule has 0 saturated carbocycles. The minimum absolute atomic E-state index is 0.650. The van der Waals surface area contributed by atoms with E-state index in [-0.39, 0.29) is 0 Å². The molecule has 1 N–H and O–H groups in total. The van der Waals surface area contributed by atoms with Gasteiger partial charge in [0.2, 0.25) is 5.95 Å². The van der Waals surface area contributed by atoms with Crippen molar-refractivity contribution in [1.29, 1.82) is 0 Å². The number of thiophene rings is 1. The number of fused-ring (bicyclic) bond motifs is 3. The van der Waals surface area contributed by atoms with Gasteiger partial charge in [-0.05, 0) is 11.4 Å². The molecule has 0 atom stereocenters. The molecule has 64 valence electrons. The van der Waals surface area contributed by atoms with Crippen LogP contribution in [0.25, 0.3) is 5.00 Å². The van der Waals surface area contributed by atoms with Gasteiger partial charge in [0.1, 0.15) is 11.3 Å². The predicted octanol–water partition coefficient (Wildman–Crippen LogP) is 1.09. The Morgan fingerprint density at radius 3 is 3.46 bits per heavy atom. The van der Waals surface area contributed by atoms with Crippen molar-refractivity contribution < 1.29 is 0 Å². The molecule has 0 bridgehead atoms. The first kappa shape index (κ1) is 6.79. The van der Waals surface area contributed by atoms with Gasteiger partial charge in [-0.2, -0.15) is 5.10 Å². The average molecular weight is 191 g/mol. The molecule has 0 saturated heterocycles. The van der Waals surface area contributed by atoms with Crippen molar-refractivity contribution in [1.82, 2.24) is 14.8 Å². The first-order valence-corrected chi connectivity index (χ1v) is 4.60. The Hall–Kier alpha value is -1.69. The summed E-state index contributed by atoms with van der Waals surface area (Å²) in [5.41, 5.74) is 3.88. The molecule has 0 aromatic carbocycles. The minimum Gasteiger partial charge on any atom is -0.257 e. The summed E-state index contributed by atoms with van der Waals surface area (Å²) < 4.78 is 1.88. The second kappa shape index (κ2) is 2.40. The smallest absolute Gasteiger partial charge is 0.250 e. The quantitative estimate of drug-likeness (QED) is 0.678. The van der Waals surface area contributed by atoms with Gasteiger partial charge in [0, 0.05) is 5.56 Å². The highest BCUT2D eigenvalue weighted by atomic mass is 32.1. The van der Waals surface area contributed by atoms with Crippen LogP contribution in [-0.4, -0.2) is 21.0 Å². The lowest BCUT2D eigenvalue weighted by atomic mass is 10.3. The average Bonchev–Trinajstić information content (AvgIpc) is 2.72. The van der Waals surface area contributed by atoms with Crippen LogP contribution in [0.3, 0.4) is 0 Å². The zero-order chi connectivity index (χ0) is 8.67. The Bertz CT molecular complexity index is 469. The number of aromatic nitrogens is 3. The van der Waals surface area contributed by atoms with Gasteiger partial charge < -0.3 is 0 Å². The normalized spacial score (nSPS) is 12.9. The van der Waals surface area contributed by atoms with E-state index in [1.165, 1.54) is 0 Å². The first-order valence-electron chi connectivity index (χ1n) is 3.72. The van der Waals surface area contributed by atoms with Crippen molar-refractivity contribution in [2.45, 2.75) is 0 Å². The molecular formula is C7H5N5S. The van der Waals surface area contributed by atoms with Crippen molar-refractivity contribution in [3.8, 4) is 5.00 Å². The molecule has 0 unspecified atom stereocenters. The Morgan fingerprint density at radius 2 is 2.46 bits per heavy atom. The molecule has 3 rings (SSSR count). The fraction of sp³-hybridized carbons (Fsp3) is 0. The van der Waals surface area contributed by atoms with Crippen LogP contribution in [0.1, 0.15) is 5.56 Å². The molecule has 13 heavy (non-hydrogen) atoms. The van der Waals surface area contributed by atoms with Crippen LogP contribution < -0.4 is 5.43 Å². The summed E-state index contributed by atoms with van der Waals surface area (Å²) in [4.78, 5) is 0. The number of hydrogen-bond acceptors (Lipinski definition) is 5. The monoisotopic (exact) mass is 191 g/mol. The maximum atomic E-state index is 4.01. The van der Waals surface area contributed by atoms with E-state index in [4.69, 9.17) is 0 Å². The van der Waals surface area contributed by atoms with Crippen LogP contribution in [0.4, 0.5) is 5.95 Å². The van der Waals surface area contributed by atoms with E-state index >= 15 is 0 Å². The van der Waals surface area contributed by atoms with E-state index in [2.05, 4.69) is 20.7 Å². The first-order chi connectivity index (χ1) is 6.45. The summed E-state index contributed by atoms with van der Waals surface area (Å²) in [5.74, 6) is 0.650. The second-order valence-electron chi connectivity index (χ2n) is 2.58. The highest BCUT2D eigenvalue weighted by molar-refractivity contribution is 7.13. The maximum absolute atomic E-state index is 4.01. The number of rotatable bonds is 0. The number of hydrogen-bond donors (Lipinski definition) is 1. The summed E-state index contributed by atoms with van der Waals surface area (Å²) in [6.07, 6.45) is 3.45. The zero-order valence-electron chi connectivity index (χ0n) is 6.51. The third-order valence-corrected chi connectivity index (χ3v) is 2.74. The van der Waals surface area contributed by atoms with Crippen LogP contribution in [0.5, 0.6) is 0 Å². The maximum Gasteiger partial charge on any atom is 0.250 e. The van der Waals surface area contributed by atoms with Crippen LogP contribution in [0.15, 0.2) is 22.9 Å². The minimum atomic E-state index is 0.650. The van der Waals surface area contributed by atoms with E-state index in [9.17, 15) is 0 Å². The molecule has 2 aromatic rings. The second-order valence-corrected chi connectivity index (χ2v) is 3.47. The molecule has 6 heteroatoms. The molecule has 0 radical (unpaired) electrons. The predicted molar refractivity (Wildman–Crippen MR) is 50.5 cm³/mol. The Labute approximate surface area is 77.7 Å². The molecule has 2 aromatic heterocycles. The Balaban J connectivity index is 2.34. The molecule has 0 spiro atoms. The number of nitrogens with one attached hydrogen (secondary N) is 1. The molecule has 3 heterocycles. The molecule has 5 nitrogen and oxygen atoms in total.